The molecule has 0 unspecified atom stereocenters. The van der Waals surface area contributed by atoms with Crippen molar-refractivity contribution < 1.29 is 28.7 Å². The van der Waals surface area contributed by atoms with Gasteiger partial charge in [-0.25, -0.2) is 9.59 Å². The van der Waals surface area contributed by atoms with Crippen LogP contribution in [0.3, 0.4) is 0 Å². The fourth-order valence-corrected chi connectivity index (χ4v) is 4.38. The summed E-state index contributed by atoms with van der Waals surface area (Å²) in [7, 11) is 1.20. The highest BCUT2D eigenvalue weighted by Crippen LogP contribution is 2.38. The van der Waals surface area contributed by atoms with Crippen LogP contribution in [-0.2, 0) is 27.1 Å². The van der Waals surface area contributed by atoms with Gasteiger partial charge in [-0.3, -0.25) is 9.59 Å². The van der Waals surface area contributed by atoms with E-state index in [1.54, 1.807) is 12.1 Å². The number of carbonyl (C=O) groups excluding carboxylic acids is 4. The molecule has 2 amide bonds. The van der Waals surface area contributed by atoms with Gasteiger partial charge >= 0.3 is 11.9 Å². The molecule has 0 saturated carbocycles. The minimum Gasteiger partial charge on any atom is -0.465 e. The van der Waals surface area contributed by atoms with Gasteiger partial charge in [-0.2, -0.15) is 0 Å². The molecular weight excluding hydrogens is 384 g/mol. The van der Waals surface area contributed by atoms with Crippen LogP contribution in [0, 0.1) is 0 Å². The van der Waals surface area contributed by atoms with Gasteiger partial charge in [-0.05, 0) is 37.0 Å². The highest BCUT2D eigenvalue weighted by atomic mass is 32.1. The molecule has 0 aliphatic heterocycles. The number of esters is 2. The molecule has 0 bridgehead atoms. The van der Waals surface area contributed by atoms with Crippen molar-refractivity contribution in [3.05, 3.63) is 51.4 Å². The van der Waals surface area contributed by atoms with Crippen LogP contribution in [0.15, 0.2) is 24.3 Å². The lowest BCUT2D eigenvalue weighted by atomic mass is 10.1. The zero-order valence-corrected chi connectivity index (χ0v) is 15.9. The van der Waals surface area contributed by atoms with E-state index >= 15 is 0 Å². The quantitative estimate of drug-likeness (QED) is 0.711. The number of benzene rings is 1. The number of hydrogen-bond acceptors (Lipinski definition) is 7. The summed E-state index contributed by atoms with van der Waals surface area (Å²) in [5, 5.41) is 2.96. The summed E-state index contributed by atoms with van der Waals surface area (Å²) in [5.41, 5.74) is 6.70. The number of rotatable bonds is 6. The van der Waals surface area contributed by atoms with Gasteiger partial charge in [0.2, 0.25) is 0 Å². The predicted octanol–water partition coefficient (Wildman–Crippen LogP) is 1.92. The van der Waals surface area contributed by atoms with E-state index in [0.29, 0.717) is 10.6 Å². The first-order valence-corrected chi connectivity index (χ1v) is 9.32. The van der Waals surface area contributed by atoms with Crippen molar-refractivity contribution in [3.63, 3.8) is 0 Å². The normalized spacial score (nSPS) is 12.2. The van der Waals surface area contributed by atoms with E-state index in [9.17, 15) is 19.2 Å². The number of thiophene rings is 1. The first-order chi connectivity index (χ1) is 13.4. The minimum atomic E-state index is -0.833. The summed E-state index contributed by atoms with van der Waals surface area (Å²) in [6.07, 6.45) is 2.54. The molecule has 0 atom stereocenters. The SMILES string of the molecule is COC(=O)c1ccccc1C(=O)OCC(=O)Nc1sc2c(c1C(N)=O)CCC2. The molecule has 1 aliphatic carbocycles. The lowest BCUT2D eigenvalue weighted by Crippen LogP contribution is -2.23. The highest BCUT2D eigenvalue weighted by Gasteiger charge is 2.26. The fraction of sp³-hybridized carbons (Fsp3) is 0.263. The molecule has 1 heterocycles. The van der Waals surface area contributed by atoms with Crippen LogP contribution in [0.5, 0.6) is 0 Å². The second-order valence-corrected chi connectivity index (χ2v) is 7.19. The number of nitrogens with one attached hydrogen (secondary N) is 1. The maximum atomic E-state index is 12.3. The van der Waals surface area contributed by atoms with E-state index in [1.807, 2.05) is 0 Å². The van der Waals surface area contributed by atoms with Gasteiger partial charge in [0, 0.05) is 4.88 Å². The Balaban J connectivity index is 1.67. The number of aryl methyl sites for hydroxylation is 1. The standard InChI is InChI=1S/C19H18N2O6S/c1-26-18(24)10-5-2-3-6-11(10)19(25)27-9-14(22)21-17-15(16(20)23)12-7-4-8-13(12)28-17/h2-3,5-6H,4,7-9H2,1H3,(H2,20,23)(H,21,22). The zero-order chi connectivity index (χ0) is 20.3. The van der Waals surface area contributed by atoms with Crippen LogP contribution in [0.4, 0.5) is 5.00 Å². The summed E-state index contributed by atoms with van der Waals surface area (Å²) < 4.78 is 9.63. The lowest BCUT2D eigenvalue weighted by Gasteiger charge is -2.09. The lowest BCUT2D eigenvalue weighted by molar-refractivity contribution is -0.119. The third kappa shape index (κ3) is 3.89. The number of carbonyl (C=O) groups is 4. The first kappa shape index (κ1) is 19.6. The Morgan fingerprint density at radius 2 is 1.79 bits per heavy atom. The largest absolute Gasteiger partial charge is 0.465 e. The molecule has 0 spiro atoms. The van der Waals surface area contributed by atoms with Crippen molar-refractivity contribution in [2.45, 2.75) is 19.3 Å². The molecule has 9 heteroatoms. The summed E-state index contributed by atoms with van der Waals surface area (Å²) >= 11 is 1.31. The van der Waals surface area contributed by atoms with E-state index in [4.69, 9.17) is 10.5 Å². The number of ether oxygens (including phenoxy) is 2. The molecule has 3 rings (SSSR count). The number of nitrogens with two attached hydrogens (primary N) is 1. The molecule has 1 aromatic heterocycles. The monoisotopic (exact) mass is 402 g/mol. The Hall–Kier alpha value is -3.20. The average Bonchev–Trinajstić information content (AvgIpc) is 3.25. The summed E-state index contributed by atoms with van der Waals surface area (Å²) in [4.78, 5) is 49.0. The Morgan fingerprint density at radius 1 is 1.11 bits per heavy atom. The zero-order valence-electron chi connectivity index (χ0n) is 15.1. The van der Waals surface area contributed by atoms with Crippen LogP contribution in [-0.4, -0.2) is 37.5 Å². The Kier molecular flexibility index (Phi) is 5.74. The number of primary amides is 1. The number of anilines is 1. The smallest absolute Gasteiger partial charge is 0.339 e. The highest BCUT2D eigenvalue weighted by molar-refractivity contribution is 7.17. The fourth-order valence-electron chi connectivity index (χ4n) is 3.07. The van der Waals surface area contributed by atoms with Gasteiger partial charge in [-0.15, -0.1) is 11.3 Å². The molecule has 3 N–H and O–H groups in total. The molecule has 0 saturated heterocycles. The topological polar surface area (TPSA) is 125 Å². The van der Waals surface area contributed by atoms with Crippen LogP contribution < -0.4 is 11.1 Å². The van der Waals surface area contributed by atoms with Crippen molar-refractivity contribution in [3.8, 4) is 0 Å². The van der Waals surface area contributed by atoms with Crippen molar-refractivity contribution in [2.24, 2.45) is 5.73 Å². The molecule has 146 valence electrons. The molecule has 28 heavy (non-hydrogen) atoms. The van der Waals surface area contributed by atoms with Crippen LogP contribution >= 0.6 is 11.3 Å². The van der Waals surface area contributed by atoms with Crippen molar-refractivity contribution >= 4 is 40.1 Å². The van der Waals surface area contributed by atoms with Crippen molar-refractivity contribution in [1.82, 2.24) is 0 Å². The Bertz CT molecular complexity index is 965. The average molecular weight is 402 g/mol. The third-order valence-corrected chi connectivity index (χ3v) is 5.51. The summed E-state index contributed by atoms with van der Waals surface area (Å²) in [6, 6.07) is 5.98. The second-order valence-electron chi connectivity index (χ2n) is 6.09. The van der Waals surface area contributed by atoms with E-state index < -0.39 is 30.4 Å². The maximum absolute atomic E-state index is 12.3. The Morgan fingerprint density at radius 3 is 2.43 bits per heavy atom. The molecule has 0 fully saturated rings. The van der Waals surface area contributed by atoms with E-state index in [1.165, 1.54) is 30.6 Å². The van der Waals surface area contributed by atoms with Gasteiger partial charge in [-0.1, -0.05) is 12.1 Å². The van der Waals surface area contributed by atoms with Gasteiger partial charge in [0.1, 0.15) is 5.00 Å². The van der Waals surface area contributed by atoms with Gasteiger partial charge in [0.15, 0.2) is 6.61 Å². The first-order valence-electron chi connectivity index (χ1n) is 8.51. The number of hydrogen-bond donors (Lipinski definition) is 2. The number of methoxy groups -OCH3 is 1. The molecule has 8 nitrogen and oxygen atoms in total. The van der Waals surface area contributed by atoms with E-state index in [2.05, 4.69) is 10.1 Å². The maximum Gasteiger partial charge on any atom is 0.339 e. The predicted molar refractivity (Wildman–Crippen MR) is 102 cm³/mol. The van der Waals surface area contributed by atoms with Gasteiger partial charge in [0.25, 0.3) is 11.8 Å². The Labute approximate surface area is 164 Å². The van der Waals surface area contributed by atoms with Crippen LogP contribution in [0.1, 0.15) is 47.9 Å². The number of fused-ring (bicyclic) bond motifs is 1. The minimum absolute atomic E-state index is 0.00456. The second kappa shape index (κ2) is 8.22. The third-order valence-electron chi connectivity index (χ3n) is 4.31. The number of amides is 2. The van der Waals surface area contributed by atoms with Crippen LogP contribution in [0.25, 0.3) is 0 Å². The van der Waals surface area contributed by atoms with E-state index in [0.717, 1.165) is 29.7 Å². The van der Waals surface area contributed by atoms with Crippen molar-refractivity contribution in [1.29, 1.82) is 0 Å². The van der Waals surface area contributed by atoms with E-state index in [-0.39, 0.29) is 11.1 Å². The molecule has 2 aromatic rings. The summed E-state index contributed by atoms with van der Waals surface area (Å²) in [6.45, 7) is -0.574. The molecule has 1 aromatic carbocycles. The van der Waals surface area contributed by atoms with Crippen molar-refractivity contribution in [2.75, 3.05) is 19.0 Å². The summed E-state index contributed by atoms with van der Waals surface area (Å²) in [5.74, 6) is -2.72. The van der Waals surface area contributed by atoms with Crippen LogP contribution in [0.2, 0.25) is 0 Å². The molecule has 1 aliphatic rings. The van der Waals surface area contributed by atoms with Gasteiger partial charge < -0.3 is 20.5 Å². The van der Waals surface area contributed by atoms with Gasteiger partial charge in [0.05, 0.1) is 23.8 Å². The molecular formula is C19H18N2O6S. The molecule has 0 radical (unpaired) electrons.